The summed E-state index contributed by atoms with van der Waals surface area (Å²) in [6, 6.07) is 0. The molecular weight excluding hydrogens is 142 g/mol. The summed E-state index contributed by atoms with van der Waals surface area (Å²) < 4.78 is 0. The first-order chi connectivity index (χ1) is 5.11. The Labute approximate surface area is 65.5 Å². The maximum Gasteiger partial charge on any atom is 0.253 e. The number of carbonyl (C=O) groups excluding carboxylic acids is 2. The Balaban J connectivity index is 2.81. The molecule has 1 heterocycles. The lowest BCUT2D eigenvalue weighted by atomic mass is 9.99. The molecule has 0 fully saturated rings. The van der Waals surface area contributed by atoms with Crippen LogP contribution in [0.25, 0.3) is 0 Å². The van der Waals surface area contributed by atoms with Crippen molar-refractivity contribution in [3.63, 3.8) is 0 Å². The SMILES string of the molecule is CC(C)C1=CCC(=O)NC1=O. The Morgan fingerprint density at radius 1 is 1.45 bits per heavy atom. The van der Waals surface area contributed by atoms with Gasteiger partial charge in [-0.2, -0.15) is 0 Å². The summed E-state index contributed by atoms with van der Waals surface area (Å²) in [6.07, 6.45) is 2.03. The van der Waals surface area contributed by atoms with E-state index in [4.69, 9.17) is 0 Å². The van der Waals surface area contributed by atoms with Crippen molar-refractivity contribution in [3.05, 3.63) is 11.6 Å². The molecule has 0 saturated carbocycles. The first kappa shape index (κ1) is 7.98. The molecule has 0 aromatic carbocycles. The van der Waals surface area contributed by atoms with Crippen LogP contribution in [0.15, 0.2) is 11.6 Å². The molecule has 1 N–H and O–H groups in total. The van der Waals surface area contributed by atoms with Gasteiger partial charge >= 0.3 is 0 Å². The average molecular weight is 153 g/mol. The maximum absolute atomic E-state index is 11.0. The second kappa shape index (κ2) is 2.86. The number of carbonyl (C=O) groups is 2. The summed E-state index contributed by atoms with van der Waals surface area (Å²) in [5.74, 6) is -0.251. The standard InChI is InChI=1S/C8H11NO2/c1-5(2)6-3-4-7(10)9-8(6)11/h3,5H,4H2,1-2H3,(H,9,10,11). The zero-order valence-corrected chi connectivity index (χ0v) is 6.68. The minimum Gasteiger partial charge on any atom is -0.292 e. The van der Waals surface area contributed by atoms with Crippen molar-refractivity contribution in [2.45, 2.75) is 20.3 Å². The molecule has 0 saturated heterocycles. The molecular formula is C8H11NO2. The number of rotatable bonds is 1. The summed E-state index contributed by atoms with van der Waals surface area (Å²) in [4.78, 5) is 21.7. The summed E-state index contributed by atoms with van der Waals surface area (Å²) in [5, 5.41) is 2.26. The lowest BCUT2D eigenvalue weighted by Crippen LogP contribution is -2.35. The van der Waals surface area contributed by atoms with Gasteiger partial charge in [0.05, 0.1) is 0 Å². The van der Waals surface area contributed by atoms with E-state index in [2.05, 4.69) is 5.32 Å². The predicted octanol–water partition coefficient (Wildman–Crippen LogP) is 0.615. The molecule has 0 atom stereocenters. The first-order valence-electron chi connectivity index (χ1n) is 3.65. The van der Waals surface area contributed by atoms with Crippen molar-refractivity contribution in [2.75, 3.05) is 0 Å². The summed E-state index contributed by atoms with van der Waals surface area (Å²) >= 11 is 0. The van der Waals surface area contributed by atoms with E-state index in [0.29, 0.717) is 12.0 Å². The van der Waals surface area contributed by atoms with Gasteiger partial charge in [-0.05, 0) is 5.92 Å². The second-order valence-electron chi connectivity index (χ2n) is 2.90. The van der Waals surface area contributed by atoms with Crippen molar-refractivity contribution in [3.8, 4) is 0 Å². The molecule has 3 heteroatoms. The van der Waals surface area contributed by atoms with Gasteiger partial charge in [-0.15, -0.1) is 0 Å². The third-order valence-corrected chi connectivity index (χ3v) is 1.64. The van der Waals surface area contributed by atoms with E-state index in [-0.39, 0.29) is 17.7 Å². The van der Waals surface area contributed by atoms with Gasteiger partial charge in [0.15, 0.2) is 0 Å². The van der Waals surface area contributed by atoms with E-state index >= 15 is 0 Å². The van der Waals surface area contributed by atoms with Crippen molar-refractivity contribution in [1.29, 1.82) is 0 Å². The van der Waals surface area contributed by atoms with Crippen LogP contribution in [0, 0.1) is 5.92 Å². The molecule has 0 aromatic rings. The van der Waals surface area contributed by atoms with Crippen LogP contribution in [0.3, 0.4) is 0 Å². The van der Waals surface area contributed by atoms with Gasteiger partial charge < -0.3 is 0 Å². The van der Waals surface area contributed by atoms with Gasteiger partial charge in [-0.1, -0.05) is 19.9 Å². The molecule has 0 aromatic heterocycles. The topological polar surface area (TPSA) is 46.2 Å². The molecule has 11 heavy (non-hydrogen) atoms. The Kier molecular flexibility index (Phi) is 2.08. The fourth-order valence-corrected chi connectivity index (χ4v) is 1.04. The fraction of sp³-hybridized carbons (Fsp3) is 0.500. The highest BCUT2D eigenvalue weighted by atomic mass is 16.2. The summed E-state index contributed by atoms with van der Waals surface area (Å²) in [7, 11) is 0. The lowest BCUT2D eigenvalue weighted by molar-refractivity contribution is -0.129. The minimum absolute atomic E-state index is 0.197. The van der Waals surface area contributed by atoms with Gasteiger partial charge in [0, 0.05) is 12.0 Å². The zero-order chi connectivity index (χ0) is 8.43. The van der Waals surface area contributed by atoms with Crippen molar-refractivity contribution >= 4 is 11.8 Å². The van der Waals surface area contributed by atoms with E-state index in [1.54, 1.807) is 6.08 Å². The third kappa shape index (κ3) is 1.67. The van der Waals surface area contributed by atoms with E-state index in [1.807, 2.05) is 13.8 Å². The first-order valence-corrected chi connectivity index (χ1v) is 3.65. The number of hydrogen-bond acceptors (Lipinski definition) is 2. The molecule has 1 aliphatic rings. The molecule has 3 nitrogen and oxygen atoms in total. The molecule has 1 aliphatic heterocycles. The predicted molar refractivity (Wildman–Crippen MR) is 40.7 cm³/mol. The lowest BCUT2D eigenvalue weighted by Gasteiger charge is -2.14. The minimum atomic E-state index is -0.240. The van der Waals surface area contributed by atoms with E-state index in [0.717, 1.165) is 0 Å². The third-order valence-electron chi connectivity index (χ3n) is 1.64. The Morgan fingerprint density at radius 3 is 2.55 bits per heavy atom. The largest absolute Gasteiger partial charge is 0.292 e. The van der Waals surface area contributed by atoms with Crippen LogP contribution >= 0.6 is 0 Å². The van der Waals surface area contributed by atoms with Crippen LogP contribution in [0.4, 0.5) is 0 Å². The number of hydrogen-bond donors (Lipinski definition) is 1. The molecule has 1 rings (SSSR count). The van der Waals surface area contributed by atoms with Crippen molar-refractivity contribution < 1.29 is 9.59 Å². The van der Waals surface area contributed by atoms with Gasteiger partial charge in [-0.25, -0.2) is 0 Å². The molecule has 2 amide bonds. The Morgan fingerprint density at radius 2 is 2.09 bits per heavy atom. The molecule has 0 radical (unpaired) electrons. The Bertz CT molecular complexity index is 228. The van der Waals surface area contributed by atoms with Gasteiger partial charge in [0.1, 0.15) is 0 Å². The monoisotopic (exact) mass is 153 g/mol. The van der Waals surface area contributed by atoms with Gasteiger partial charge in [0.2, 0.25) is 5.91 Å². The van der Waals surface area contributed by atoms with Crippen LogP contribution in [0.1, 0.15) is 20.3 Å². The molecule has 0 unspecified atom stereocenters. The van der Waals surface area contributed by atoms with Crippen LogP contribution in [0.5, 0.6) is 0 Å². The van der Waals surface area contributed by atoms with E-state index in [9.17, 15) is 9.59 Å². The van der Waals surface area contributed by atoms with Crippen molar-refractivity contribution in [1.82, 2.24) is 5.32 Å². The normalized spacial score (nSPS) is 18.3. The highest BCUT2D eigenvalue weighted by molar-refractivity contribution is 6.07. The van der Waals surface area contributed by atoms with E-state index < -0.39 is 0 Å². The van der Waals surface area contributed by atoms with E-state index in [1.165, 1.54) is 0 Å². The maximum atomic E-state index is 11.0. The van der Waals surface area contributed by atoms with Crippen LogP contribution in [0.2, 0.25) is 0 Å². The highest BCUT2D eigenvalue weighted by Crippen LogP contribution is 2.13. The Hall–Kier alpha value is -1.12. The summed E-state index contributed by atoms with van der Waals surface area (Å²) in [6.45, 7) is 3.86. The molecule has 0 bridgehead atoms. The number of amides is 2. The zero-order valence-electron chi connectivity index (χ0n) is 6.68. The fourth-order valence-electron chi connectivity index (χ4n) is 1.04. The summed E-state index contributed by atoms with van der Waals surface area (Å²) in [5.41, 5.74) is 0.713. The highest BCUT2D eigenvalue weighted by Gasteiger charge is 2.19. The smallest absolute Gasteiger partial charge is 0.253 e. The molecule has 60 valence electrons. The quantitative estimate of drug-likeness (QED) is 0.561. The number of imide groups is 1. The average Bonchev–Trinajstić information content (AvgIpc) is 1.85. The van der Waals surface area contributed by atoms with Crippen LogP contribution < -0.4 is 5.32 Å². The number of nitrogens with one attached hydrogen (secondary N) is 1. The van der Waals surface area contributed by atoms with Gasteiger partial charge in [0.25, 0.3) is 5.91 Å². The van der Waals surface area contributed by atoms with Crippen molar-refractivity contribution in [2.24, 2.45) is 5.92 Å². The van der Waals surface area contributed by atoms with Gasteiger partial charge in [-0.3, -0.25) is 14.9 Å². The van der Waals surface area contributed by atoms with Crippen LogP contribution in [-0.4, -0.2) is 11.8 Å². The second-order valence-corrected chi connectivity index (χ2v) is 2.90. The van der Waals surface area contributed by atoms with Crippen LogP contribution in [-0.2, 0) is 9.59 Å². The molecule has 0 spiro atoms. The molecule has 0 aliphatic carbocycles.